The summed E-state index contributed by atoms with van der Waals surface area (Å²) in [5, 5.41) is 0.156. The zero-order valence-corrected chi connectivity index (χ0v) is 11.4. The summed E-state index contributed by atoms with van der Waals surface area (Å²) in [6.45, 7) is 0. The van der Waals surface area contributed by atoms with Crippen molar-refractivity contribution in [2.75, 3.05) is 5.73 Å². The van der Waals surface area contributed by atoms with E-state index in [9.17, 15) is 12.8 Å². The van der Waals surface area contributed by atoms with Crippen molar-refractivity contribution in [2.24, 2.45) is 0 Å². The molecule has 0 aliphatic rings. The molecule has 0 radical (unpaired) electrons. The minimum Gasteiger partial charge on any atom is -0.398 e. The van der Waals surface area contributed by atoms with E-state index in [1.165, 1.54) is 24.3 Å². The van der Waals surface area contributed by atoms with Gasteiger partial charge in [0.1, 0.15) is 5.82 Å². The first-order valence-electron chi connectivity index (χ1n) is 5.41. The fourth-order valence-electron chi connectivity index (χ4n) is 1.68. The monoisotopic (exact) mass is 299 g/mol. The molecule has 0 saturated heterocycles. The molecule has 2 aromatic rings. The molecule has 0 aliphatic heterocycles. The van der Waals surface area contributed by atoms with Gasteiger partial charge in [-0.3, -0.25) is 0 Å². The number of hydrogen-bond acceptors (Lipinski definition) is 3. The first kappa shape index (κ1) is 13.8. The van der Waals surface area contributed by atoms with E-state index >= 15 is 0 Å². The summed E-state index contributed by atoms with van der Waals surface area (Å²) in [6.07, 6.45) is 0. The maximum Gasteiger partial charge on any atom is 0.184 e. The van der Waals surface area contributed by atoms with Gasteiger partial charge in [-0.05, 0) is 29.8 Å². The molecule has 0 aromatic heterocycles. The maximum atomic E-state index is 12.9. The Bertz CT molecular complexity index is 716. The average Bonchev–Trinajstić information content (AvgIpc) is 2.33. The molecule has 3 nitrogen and oxygen atoms in total. The van der Waals surface area contributed by atoms with E-state index in [-0.39, 0.29) is 21.4 Å². The zero-order chi connectivity index (χ0) is 14.0. The number of halogens is 2. The molecule has 0 aliphatic carbocycles. The number of nitrogen functional groups attached to an aromatic ring is 1. The van der Waals surface area contributed by atoms with Crippen LogP contribution in [0.3, 0.4) is 0 Å². The first-order chi connectivity index (χ1) is 8.90. The normalized spacial score (nSPS) is 11.5. The van der Waals surface area contributed by atoms with Crippen LogP contribution >= 0.6 is 11.6 Å². The topological polar surface area (TPSA) is 60.2 Å². The number of rotatable bonds is 3. The van der Waals surface area contributed by atoms with Gasteiger partial charge in [0.15, 0.2) is 9.84 Å². The third-order valence-electron chi connectivity index (χ3n) is 2.63. The van der Waals surface area contributed by atoms with Gasteiger partial charge >= 0.3 is 0 Å². The van der Waals surface area contributed by atoms with E-state index in [2.05, 4.69) is 0 Å². The third kappa shape index (κ3) is 3.05. The van der Waals surface area contributed by atoms with Crippen molar-refractivity contribution in [3.05, 3.63) is 58.9 Å². The summed E-state index contributed by atoms with van der Waals surface area (Å²) < 4.78 is 37.4. The highest BCUT2D eigenvalue weighted by Crippen LogP contribution is 2.26. The third-order valence-corrected chi connectivity index (χ3v) is 4.78. The fourth-order valence-corrected chi connectivity index (χ4v) is 3.64. The van der Waals surface area contributed by atoms with Crippen LogP contribution in [0.1, 0.15) is 5.56 Å². The lowest BCUT2D eigenvalue weighted by Crippen LogP contribution is -2.07. The molecule has 2 aromatic carbocycles. The lowest BCUT2D eigenvalue weighted by Gasteiger charge is -2.08. The second-order valence-electron chi connectivity index (χ2n) is 4.03. The molecule has 0 spiro atoms. The van der Waals surface area contributed by atoms with Gasteiger partial charge in [0, 0.05) is 5.69 Å². The summed E-state index contributed by atoms with van der Waals surface area (Å²) >= 11 is 5.87. The quantitative estimate of drug-likeness (QED) is 0.886. The standard InChI is InChI=1S/C13H11ClFNO2S/c14-11-3-1-2-4-13(11)19(17,18)8-9-5-6-10(15)7-12(9)16/h1-7H,8,16H2. The molecule has 2 N–H and O–H groups in total. The van der Waals surface area contributed by atoms with Gasteiger partial charge in [-0.2, -0.15) is 0 Å². The van der Waals surface area contributed by atoms with Crippen LogP contribution in [0.25, 0.3) is 0 Å². The average molecular weight is 300 g/mol. The molecule has 0 amide bonds. The van der Waals surface area contributed by atoms with Gasteiger partial charge < -0.3 is 5.73 Å². The van der Waals surface area contributed by atoms with Crippen LogP contribution in [-0.2, 0) is 15.6 Å². The number of benzene rings is 2. The van der Waals surface area contributed by atoms with E-state index in [0.29, 0.717) is 5.56 Å². The van der Waals surface area contributed by atoms with E-state index in [0.717, 1.165) is 6.07 Å². The van der Waals surface area contributed by atoms with E-state index < -0.39 is 15.7 Å². The molecule has 6 heteroatoms. The largest absolute Gasteiger partial charge is 0.398 e. The number of nitrogens with two attached hydrogens (primary N) is 1. The Labute approximate surface area is 115 Å². The van der Waals surface area contributed by atoms with Crippen molar-refractivity contribution in [3.8, 4) is 0 Å². The summed E-state index contributed by atoms with van der Waals surface area (Å²) in [5.74, 6) is -0.820. The summed E-state index contributed by atoms with van der Waals surface area (Å²) in [5.41, 5.74) is 6.06. The van der Waals surface area contributed by atoms with Crippen LogP contribution in [0.2, 0.25) is 5.02 Å². The first-order valence-corrected chi connectivity index (χ1v) is 7.44. The van der Waals surface area contributed by atoms with Gasteiger partial charge in [-0.1, -0.05) is 29.8 Å². The van der Waals surface area contributed by atoms with Gasteiger partial charge in [0.05, 0.1) is 15.7 Å². The summed E-state index contributed by atoms with van der Waals surface area (Å²) in [6, 6.07) is 9.80. The Hall–Kier alpha value is -1.59. The van der Waals surface area contributed by atoms with Gasteiger partial charge in [0.2, 0.25) is 0 Å². The van der Waals surface area contributed by atoms with Crippen molar-refractivity contribution in [3.63, 3.8) is 0 Å². The highest BCUT2D eigenvalue weighted by molar-refractivity contribution is 7.90. The molecule has 19 heavy (non-hydrogen) atoms. The number of hydrogen-bond donors (Lipinski definition) is 1. The molecule has 0 saturated carbocycles. The number of anilines is 1. The second kappa shape index (κ2) is 5.19. The number of sulfone groups is 1. The van der Waals surface area contributed by atoms with Crippen LogP contribution in [0, 0.1) is 5.82 Å². The van der Waals surface area contributed by atoms with Crippen LogP contribution in [0.5, 0.6) is 0 Å². The molecule has 100 valence electrons. The van der Waals surface area contributed by atoms with Crippen molar-refractivity contribution in [1.29, 1.82) is 0 Å². The van der Waals surface area contributed by atoms with E-state index in [1.54, 1.807) is 12.1 Å². The Morgan fingerprint density at radius 1 is 1.16 bits per heavy atom. The zero-order valence-electron chi connectivity index (χ0n) is 9.81. The molecular formula is C13H11ClFNO2S. The van der Waals surface area contributed by atoms with Crippen molar-refractivity contribution < 1.29 is 12.8 Å². The molecule has 0 fully saturated rings. The molecule has 0 heterocycles. The molecular weight excluding hydrogens is 289 g/mol. The highest BCUT2D eigenvalue weighted by atomic mass is 35.5. The predicted molar refractivity (Wildman–Crippen MR) is 73.2 cm³/mol. The minimum absolute atomic E-state index is 0.0420. The van der Waals surface area contributed by atoms with Gasteiger partial charge in [-0.15, -0.1) is 0 Å². The van der Waals surface area contributed by atoms with Crippen molar-refractivity contribution in [2.45, 2.75) is 10.6 Å². The smallest absolute Gasteiger partial charge is 0.184 e. The van der Waals surface area contributed by atoms with Gasteiger partial charge in [0.25, 0.3) is 0 Å². The molecule has 0 atom stereocenters. The van der Waals surface area contributed by atoms with Crippen LogP contribution in [-0.4, -0.2) is 8.42 Å². The second-order valence-corrected chi connectivity index (χ2v) is 6.40. The van der Waals surface area contributed by atoms with E-state index in [4.69, 9.17) is 17.3 Å². The molecule has 0 unspecified atom stereocenters. The lowest BCUT2D eigenvalue weighted by atomic mass is 10.2. The SMILES string of the molecule is Nc1cc(F)ccc1CS(=O)(=O)c1ccccc1Cl. The van der Waals surface area contributed by atoms with Crippen LogP contribution < -0.4 is 5.73 Å². The summed E-state index contributed by atoms with van der Waals surface area (Å²) in [7, 11) is -3.61. The molecule has 2 rings (SSSR count). The predicted octanol–water partition coefficient (Wildman–Crippen LogP) is 3.04. The molecule has 0 bridgehead atoms. The summed E-state index contributed by atoms with van der Waals surface area (Å²) in [4.78, 5) is 0.0420. The van der Waals surface area contributed by atoms with Crippen LogP contribution in [0.15, 0.2) is 47.4 Å². The van der Waals surface area contributed by atoms with E-state index in [1.807, 2.05) is 0 Å². The Morgan fingerprint density at radius 2 is 1.84 bits per heavy atom. The fraction of sp³-hybridized carbons (Fsp3) is 0.0769. The Morgan fingerprint density at radius 3 is 2.47 bits per heavy atom. The van der Waals surface area contributed by atoms with Crippen molar-refractivity contribution in [1.82, 2.24) is 0 Å². The maximum absolute atomic E-state index is 12.9. The highest BCUT2D eigenvalue weighted by Gasteiger charge is 2.19. The Kier molecular flexibility index (Phi) is 3.78. The van der Waals surface area contributed by atoms with Crippen LogP contribution in [0.4, 0.5) is 10.1 Å². The van der Waals surface area contributed by atoms with Crippen molar-refractivity contribution >= 4 is 27.1 Å². The lowest BCUT2D eigenvalue weighted by molar-refractivity contribution is 0.595. The Balaban J connectivity index is 2.40. The minimum atomic E-state index is -3.61. The van der Waals surface area contributed by atoms with Gasteiger partial charge in [-0.25, -0.2) is 12.8 Å².